The second-order valence-corrected chi connectivity index (χ2v) is 4.87. The van der Waals surface area contributed by atoms with Crippen LogP contribution in [0.5, 0.6) is 0 Å². The van der Waals surface area contributed by atoms with Crippen molar-refractivity contribution < 1.29 is 19.0 Å². The number of hydrogen-bond donors (Lipinski definition) is 0. The summed E-state index contributed by atoms with van der Waals surface area (Å²) >= 11 is 0. The van der Waals surface area contributed by atoms with E-state index in [-0.39, 0.29) is 18.1 Å². The van der Waals surface area contributed by atoms with E-state index >= 15 is 0 Å². The number of ether oxygens (including phenoxy) is 3. The number of rotatable bonds is 6. The van der Waals surface area contributed by atoms with Crippen molar-refractivity contribution in [1.82, 2.24) is 0 Å². The molecule has 0 N–H and O–H groups in total. The summed E-state index contributed by atoms with van der Waals surface area (Å²) < 4.78 is 16.7. The van der Waals surface area contributed by atoms with Crippen molar-refractivity contribution >= 4 is 6.29 Å². The van der Waals surface area contributed by atoms with E-state index in [1.165, 1.54) is 0 Å². The fourth-order valence-corrected chi connectivity index (χ4v) is 2.40. The topological polar surface area (TPSA) is 44.8 Å². The van der Waals surface area contributed by atoms with Crippen LogP contribution in [0.15, 0.2) is 30.3 Å². The number of benzene rings is 1. The summed E-state index contributed by atoms with van der Waals surface area (Å²) in [5.41, 5.74) is 1.04. The van der Waals surface area contributed by atoms with E-state index in [2.05, 4.69) is 0 Å². The Morgan fingerprint density at radius 3 is 2.79 bits per heavy atom. The van der Waals surface area contributed by atoms with Crippen molar-refractivity contribution in [2.75, 3.05) is 13.7 Å². The average Bonchev–Trinajstić information content (AvgIpc) is 2.82. The second-order valence-electron chi connectivity index (χ2n) is 4.87. The van der Waals surface area contributed by atoms with Crippen molar-refractivity contribution in [1.29, 1.82) is 0 Å². The summed E-state index contributed by atoms with van der Waals surface area (Å²) in [7, 11) is 1.64. The van der Waals surface area contributed by atoms with Gasteiger partial charge in [-0.2, -0.15) is 0 Å². The first kappa shape index (κ1) is 14.2. The molecule has 0 saturated carbocycles. The van der Waals surface area contributed by atoms with Crippen LogP contribution in [0, 0.1) is 5.92 Å². The summed E-state index contributed by atoms with van der Waals surface area (Å²) in [6.07, 6.45) is -0.195. The summed E-state index contributed by atoms with van der Waals surface area (Å²) in [6, 6.07) is 9.77. The van der Waals surface area contributed by atoms with E-state index < -0.39 is 6.10 Å². The molecule has 4 atom stereocenters. The molecule has 1 aromatic rings. The van der Waals surface area contributed by atoms with Gasteiger partial charge in [0.25, 0.3) is 0 Å². The number of hydrogen-bond acceptors (Lipinski definition) is 4. The highest BCUT2D eigenvalue weighted by atomic mass is 16.6. The van der Waals surface area contributed by atoms with Crippen LogP contribution < -0.4 is 0 Å². The highest BCUT2D eigenvalue weighted by molar-refractivity contribution is 5.57. The first-order valence-corrected chi connectivity index (χ1v) is 6.51. The van der Waals surface area contributed by atoms with Gasteiger partial charge in [0.15, 0.2) is 6.29 Å². The SMILES string of the molecule is CO[C@@H]1[C@@H]([C@H](C=O)OCc2ccccc2)OC[C@@H]1C. The Balaban J connectivity index is 1.95. The Kier molecular flexibility index (Phi) is 5.07. The molecule has 1 aromatic carbocycles. The van der Waals surface area contributed by atoms with E-state index in [9.17, 15) is 4.79 Å². The van der Waals surface area contributed by atoms with Crippen molar-refractivity contribution in [3.63, 3.8) is 0 Å². The first-order valence-electron chi connectivity index (χ1n) is 6.51. The third-order valence-corrected chi connectivity index (χ3v) is 3.45. The number of carbonyl (C=O) groups excluding carboxylic acids is 1. The Hall–Kier alpha value is -1.23. The van der Waals surface area contributed by atoms with Crippen molar-refractivity contribution in [2.45, 2.75) is 31.8 Å². The molecule has 0 unspecified atom stereocenters. The number of methoxy groups -OCH3 is 1. The predicted molar refractivity (Wildman–Crippen MR) is 70.8 cm³/mol. The molecule has 4 heteroatoms. The summed E-state index contributed by atoms with van der Waals surface area (Å²) in [4.78, 5) is 11.2. The molecule has 2 rings (SSSR count). The van der Waals surface area contributed by atoms with Gasteiger partial charge in [0, 0.05) is 13.0 Å². The molecule has 1 heterocycles. The van der Waals surface area contributed by atoms with Gasteiger partial charge in [-0.25, -0.2) is 0 Å². The summed E-state index contributed by atoms with van der Waals surface area (Å²) in [5, 5.41) is 0. The van der Waals surface area contributed by atoms with E-state index in [0.29, 0.717) is 13.2 Å². The van der Waals surface area contributed by atoms with E-state index in [1.54, 1.807) is 7.11 Å². The van der Waals surface area contributed by atoms with Gasteiger partial charge in [0.05, 0.1) is 19.3 Å². The lowest BCUT2D eigenvalue weighted by molar-refractivity contribution is -0.135. The van der Waals surface area contributed by atoms with Gasteiger partial charge in [-0.3, -0.25) is 0 Å². The van der Waals surface area contributed by atoms with Crippen LogP contribution in [0.3, 0.4) is 0 Å². The van der Waals surface area contributed by atoms with Crippen LogP contribution in [-0.2, 0) is 25.6 Å². The van der Waals surface area contributed by atoms with E-state index in [4.69, 9.17) is 14.2 Å². The van der Waals surface area contributed by atoms with Gasteiger partial charge < -0.3 is 19.0 Å². The van der Waals surface area contributed by atoms with E-state index in [1.807, 2.05) is 37.3 Å². The van der Waals surface area contributed by atoms with Gasteiger partial charge in [0.2, 0.25) is 0 Å². The molecular weight excluding hydrogens is 244 g/mol. The smallest absolute Gasteiger partial charge is 0.151 e. The van der Waals surface area contributed by atoms with Crippen LogP contribution in [0.2, 0.25) is 0 Å². The fraction of sp³-hybridized carbons (Fsp3) is 0.533. The Morgan fingerprint density at radius 2 is 2.16 bits per heavy atom. The van der Waals surface area contributed by atoms with Crippen molar-refractivity contribution in [3.05, 3.63) is 35.9 Å². The normalized spacial score (nSPS) is 28.2. The predicted octanol–water partition coefficient (Wildman–Crippen LogP) is 1.82. The molecule has 19 heavy (non-hydrogen) atoms. The third kappa shape index (κ3) is 3.41. The lowest BCUT2D eigenvalue weighted by atomic mass is 10.0. The molecule has 1 aliphatic heterocycles. The molecular formula is C15H20O4. The quantitative estimate of drug-likeness (QED) is 0.735. The Morgan fingerprint density at radius 1 is 1.42 bits per heavy atom. The van der Waals surface area contributed by atoms with Crippen molar-refractivity contribution in [2.24, 2.45) is 5.92 Å². The number of carbonyl (C=O) groups is 1. The molecule has 0 spiro atoms. The lowest BCUT2D eigenvalue weighted by Crippen LogP contribution is -2.40. The standard InChI is InChI=1S/C15H20O4/c1-11-9-19-15(14(11)17-2)13(8-16)18-10-12-6-4-3-5-7-12/h3-8,11,13-15H,9-10H2,1-2H3/t11-,13-,14-,15+/m0/s1. The molecule has 1 saturated heterocycles. The molecule has 1 fully saturated rings. The van der Waals surface area contributed by atoms with Crippen molar-refractivity contribution in [3.8, 4) is 0 Å². The monoisotopic (exact) mass is 264 g/mol. The van der Waals surface area contributed by atoms with Crippen LogP contribution in [-0.4, -0.2) is 38.3 Å². The molecule has 0 amide bonds. The Bertz CT molecular complexity index is 392. The molecule has 104 valence electrons. The second kappa shape index (κ2) is 6.80. The maximum atomic E-state index is 11.2. The third-order valence-electron chi connectivity index (χ3n) is 3.45. The van der Waals surface area contributed by atoms with Gasteiger partial charge >= 0.3 is 0 Å². The summed E-state index contributed by atoms with van der Waals surface area (Å²) in [5.74, 6) is 0.276. The van der Waals surface area contributed by atoms with Crippen LogP contribution in [0.1, 0.15) is 12.5 Å². The fourth-order valence-electron chi connectivity index (χ4n) is 2.40. The lowest BCUT2D eigenvalue weighted by Gasteiger charge is -2.24. The molecule has 0 aromatic heterocycles. The molecule has 0 bridgehead atoms. The largest absolute Gasteiger partial charge is 0.378 e. The minimum absolute atomic E-state index is 0.0917. The average molecular weight is 264 g/mol. The van der Waals surface area contributed by atoms with Crippen LogP contribution in [0.25, 0.3) is 0 Å². The Labute approximate surface area is 113 Å². The minimum atomic E-state index is -0.588. The molecule has 4 nitrogen and oxygen atoms in total. The minimum Gasteiger partial charge on any atom is -0.378 e. The van der Waals surface area contributed by atoms with Gasteiger partial charge in [-0.1, -0.05) is 37.3 Å². The maximum absolute atomic E-state index is 11.2. The van der Waals surface area contributed by atoms with Crippen LogP contribution in [0.4, 0.5) is 0 Å². The van der Waals surface area contributed by atoms with Crippen LogP contribution >= 0.6 is 0 Å². The zero-order chi connectivity index (χ0) is 13.7. The van der Waals surface area contributed by atoms with E-state index in [0.717, 1.165) is 11.8 Å². The molecule has 1 aliphatic rings. The summed E-state index contributed by atoms with van der Waals surface area (Å²) in [6.45, 7) is 3.05. The zero-order valence-electron chi connectivity index (χ0n) is 11.3. The highest BCUT2D eigenvalue weighted by Gasteiger charge is 2.40. The van der Waals surface area contributed by atoms with Gasteiger partial charge in [-0.15, -0.1) is 0 Å². The molecule has 0 radical (unpaired) electrons. The van der Waals surface area contributed by atoms with Gasteiger partial charge in [0.1, 0.15) is 12.2 Å². The highest BCUT2D eigenvalue weighted by Crippen LogP contribution is 2.26. The maximum Gasteiger partial charge on any atom is 0.151 e. The number of aldehydes is 1. The molecule has 0 aliphatic carbocycles. The zero-order valence-corrected chi connectivity index (χ0v) is 11.3. The first-order chi connectivity index (χ1) is 9.26. The van der Waals surface area contributed by atoms with Gasteiger partial charge in [-0.05, 0) is 5.56 Å².